The van der Waals surface area contributed by atoms with Crippen LogP contribution in [0, 0.1) is 6.92 Å². The molecule has 0 heterocycles. The smallest absolute Gasteiger partial charge is 0.191 e. The summed E-state index contributed by atoms with van der Waals surface area (Å²) in [6.45, 7) is 13.1. The summed E-state index contributed by atoms with van der Waals surface area (Å²) in [7, 11) is -3.13. The zero-order valence-corrected chi connectivity index (χ0v) is 19.9. The first-order chi connectivity index (χ1) is 11.6. The number of guanidine groups is 1. The first-order valence-electron chi connectivity index (χ1n) is 8.88. The molecular formula is C19H34IN3O2S. The molecule has 5 nitrogen and oxygen atoms in total. The predicted octanol–water partition coefficient (Wildman–Crippen LogP) is 3.48. The molecule has 0 aromatic heterocycles. The summed E-state index contributed by atoms with van der Waals surface area (Å²) in [4.78, 5) is 4.60. The quantitative estimate of drug-likeness (QED) is 0.345. The van der Waals surface area contributed by atoms with Crippen molar-refractivity contribution in [1.82, 2.24) is 10.6 Å². The number of hydrogen-bond acceptors (Lipinski definition) is 3. The number of halogens is 1. The average Bonchev–Trinajstić information content (AvgIpc) is 2.51. The van der Waals surface area contributed by atoms with Crippen LogP contribution in [0.3, 0.4) is 0 Å². The summed E-state index contributed by atoms with van der Waals surface area (Å²) in [5.41, 5.74) is 2.50. The van der Waals surface area contributed by atoms with Crippen molar-refractivity contribution in [3.8, 4) is 0 Å². The molecule has 1 unspecified atom stereocenters. The third-order valence-electron chi connectivity index (χ3n) is 4.07. The normalized spacial score (nSPS) is 13.7. The molecule has 0 aliphatic rings. The van der Waals surface area contributed by atoms with Crippen molar-refractivity contribution in [3.63, 3.8) is 0 Å². The van der Waals surface area contributed by atoms with Gasteiger partial charge in [-0.2, -0.15) is 0 Å². The second-order valence-corrected chi connectivity index (χ2v) is 10.3. The molecule has 0 aliphatic heterocycles. The Morgan fingerprint density at radius 1 is 1.23 bits per heavy atom. The van der Waals surface area contributed by atoms with Crippen LogP contribution in [0.25, 0.3) is 0 Å². The van der Waals surface area contributed by atoms with Gasteiger partial charge in [0.2, 0.25) is 0 Å². The Hall–Kier alpha value is -0.830. The first kappa shape index (κ1) is 25.2. The van der Waals surface area contributed by atoms with Gasteiger partial charge in [0.1, 0.15) is 0 Å². The van der Waals surface area contributed by atoms with E-state index in [9.17, 15) is 8.42 Å². The lowest BCUT2D eigenvalue weighted by atomic mass is 10.00. The van der Waals surface area contributed by atoms with E-state index in [4.69, 9.17) is 0 Å². The highest BCUT2D eigenvalue weighted by Crippen LogP contribution is 2.17. The van der Waals surface area contributed by atoms with Crippen LogP contribution in [0.4, 0.5) is 0 Å². The summed E-state index contributed by atoms with van der Waals surface area (Å²) < 4.78 is 23.6. The monoisotopic (exact) mass is 495 g/mol. The van der Waals surface area contributed by atoms with Gasteiger partial charge in [-0.1, -0.05) is 36.8 Å². The molecule has 2 N–H and O–H groups in total. The minimum atomic E-state index is -3.13. The number of aryl methyl sites for hydroxylation is 1. The maximum Gasteiger partial charge on any atom is 0.191 e. The average molecular weight is 495 g/mol. The van der Waals surface area contributed by atoms with E-state index < -0.39 is 14.6 Å². The summed E-state index contributed by atoms with van der Waals surface area (Å²) >= 11 is 0. The van der Waals surface area contributed by atoms with Gasteiger partial charge in [-0.15, -0.1) is 24.0 Å². The van der Waals surface area contributed by atoms with Gasteiger partial charge in [-0.3, -0.25) is 4.99 Å². The topological polar surface area (TPSA) is 70.6 Å². The fourth-order valence-electron chi connectivity index (χ4n) is 2.26. The highest BCUT2D eigenvalue weighted by Gasteiger charge is 2.28. The lowest BCUT2D eigenvalue weighted by Crippen LogP contribution is -2.42. The van der Waals surface area contributed by atoms with Gasteiger partial charge in [-0.05, 0) is 40.2 Å². The molecule has 7 heteroatoms. The molecule has 0 spiro atoms. The van der Waals surface area contributed by atoms with E-state index in [1.165, 1.54) is 11.1 Å². The van der Waals surface area contributed by atoms with Crippen LogP contribution in [0.5, 0.6) is 0 Å². The van der Waals surface area contributed by atoms with Crippen LogP contribution in [0.1, 0.15) is 51.7 Å². The molecule has 26 heavy (non-hydrogen) atoms. The van der Waals surface area contributed by atoms with Crippen molar-refractivity contribution >= 4 is 39.8 Å². The molecule has 1 aromatic rings. The SMILES string of the molecule is CCNC(=NCC(C)c1cccc(C)c1)NCCS(=O)(=O)C(C)(C)C.I. The molecule has 150 valence electrons. The number of nitrogens with one attached hydrogen (secondary N) is 2. The minimum absolute atomic E-state index is 0. The van der Waals surface area contributed by atoms with Gasteiger partial charge in [0.05, 0.1) is 10.5 Å². The zero-order valence-electron chi connectivity index (χ0n) is 16.8. The van der Waals surface area contributed by atoms with Crippen molar-refractivity contribution in [1.29, 1.82) is 0 Å². The molecular weight excluding hydrogens is 461 g/mol. The maximum atomic E-state index is 12.2. The Kier molecular flexibility index (Phi) is 10.8. The Balaban J connectivity index is 0.00000625. The number of benzene rings is 1. The number of nitrogens with zero attached hydrogens (tertiary/aromatic N) is 1. The Morgan fingerprint density at radius 3 is 2.42 bits per heavy atom. The molecule has 0 radical (unpaired) electrons. The largest absolute Gasteiger partial charge is 0.357 e. The second-order valence-electron chi connectivity index (χ2n) is 7.39. The third-order valence-corrected chi connectivity index (χ3v) is 6.68. The van der Waals surface area contributed by atoms with E-state index in [2.05, 4.69) is 53.7 Å². The van der Waals surface area contributed by atoms with Crippen LogP contribution in [-0.4, -0.2) is 44.5 Å². The first-order valence-corrected chi connectivity index (χ1v) is 10.5. The van der Waals surface area contributed by atoms with Gasteiger partial charge in [0.25, 0.3) is 0 Å². The van der Waals surface area contributed by atoms with E-state index in [1.807, 2.05) is 6.92 Å². The summed E-state index contributed by atoms with van der Waals surface area (Å²) in [6.07, 6.45) is 0. The van der Waals surface area contributed by atoms with E-state index >= 15 is 0 Å². The third kappa shape index (κ3) is 8.24. The van der Waals surface area contributed by atoms with Crippen molar-refractivity contribution in [3.05, 3.63) is 35.4 Å². The molecule has 1 atom stereocenters. The van der Waals surface area contributed by atoms with Gasteiger partial charge < -0.3 is 10.6 Å². The van der Waals surface area contributed by atoms with Crippen LogP contribution >= 0.6 is 24.0 Å². The second kappa shape index (κ2) is 11.1. The number of sulfone groups is 1. The zero-order chi connectivity index (χ0) is 19.1. The Bertz CT molecular complexity index is 682. The van der Waals surface area contributed by atoms with Crippen LogP contribution in [-0.2, 0) is 9.84 Å². The fraction of sp³-hybridized carbons (Fsp3) is 0.632. The Labute approximate surface area is 176 Å². The molecule has 0 saturated heterocycles. The van der Waals surface area contributed by atoms with E-state index in [1.54, 1.807) is 20.8 Å². The Morgan fingerprint density at radius 2 is 1.88 bits per heavy atom. The molecule has 0 amide bonds. The van der Waals surface area contributed by atoms with Crippen molar-refractivity contribution in [2.24, 2.45) is 4.99 Å². The number of rotatable bonds is 7. The summed E-state index contributed by atoms with van der Waals surface area (Å²) in [5.74, 6) is 1.05. The van der Waals surface area contributed by atoms with Crippen LogP contribution in [0.2, 0.25) is 0 Å². The molecule has 0 bridgehead atoms. The minimum Gasteiger partial charge on any atom is -0.357 e. The lowest BCUT2D eigenvalue weighted by Gasteiger charge is -2.20. The van der Waals surface area contributed by atoms with Crippen LogP contribution in [0.15, 0.2) is 29.3 Å². The molecule has 0 aliphatic carbocycles. The number of aliphatic imine (C=N–C) groups is 1. The van der Waals surface area contributed by atoms with Crippen molar-refractivity contribution in [2.45, 2.75) is 52.2 Å². The molecule has 1 aromatic carbocycles. The van der Waals surface area contributed by atoms with Crippen molar-refractivity contribution < 1.29 is 8.42 Å². The summed E-state index contributed by atoms with van der Waals surface area (Å²) in [5, 5.41) is 6.30. The van der Waals surface area contributed by atoms with Crippen LogP contribution < -0.4 is 10.6 Å². The molecule has 1 rings (SSSR count). The highest BCUT2D eigenvalue weighted by atomic mass is 127. The maximum absolute atomic E-state index is 12.2. The molecule has 0 saturated carbocycles. The van der Waals surface area contributed by atoms with E-state index in [0.717, 1.165) is 6.54 Å². The fourth-order valence-corrected chi connectivity index (χ4v) is 3.25. The highest BCUT2D eigenvalue weighted by molar-refractivity contribution is 14.0. The van der Waals surface area contributed by atoms with E-state index in [0.29, 0.717) is 25.0 Å². The lowest BCUT2D eigenvalue weighted by molar-refractivity contribution is 0.559. The van der Waals surface area contributed by atoms with Gasteiger partial charge >= 0.3 is 0 Å². The summed E-state index contributed by atoms with van der Waals surface area (Å²) in [6, 6.07) is 8.44. The van der Waals surface area contributed by atoms with Gasteiger partial charge in [0.15, 0.2) is 15.8 Å². The van der Waals surface area contributed by atoms with Crippen molar-refractivity contribution in [2.75, 3.05) is 25.4 Å². The number of hydrogen-bond donors (Lipinski definition) is 2. The molecule has 0 fully saturated rings. The van der Waals surface area contributed by atoms with Gasteiger partial charge in [-0.25, -0.2) is 8.42 Å². The van der Waals surface area contributed by atoms with Gasteiger partial charge in [0, 0.05) is 25.6 Å². The standard InChI is InChI=1S/C19H33N3O2S.HI/c1-7-20-18(21-11-12-25(23,24)19(4,5)6)22-14-16(3)17-10-8-9-15(2)13-17;/h8-10,13,16H,7,11-12,14H2,1-6H3,(H2,20,21,22);1H. The van der Waals surface area contributed by atoms with E-state index in [-0.39, 0.29) is 29.7 Å². The predicted molar refractivity (Wildman–Crippen MR) is 123 cm³/mol.